The van der Waals surface area contributed by atoms with Gasteiger partial charge in [0.1, 0.15) is 17.1 Å². The fourth-order valence-corrected chi connectivity index (χ4v) is 4.47. The summed E-state index contributed by atoms with van der Waals surface area (Å²) in [5.41, 5.74) is 1.77. The van der Waals surface area contributed by atoms with Crippen molar-refractivity contribution in [3.63, 3.8) is 0 Å². The third-order valence-corrected chi connectivity index (χ3v) is 6.42. The maximum atomic E-state index is 13.7. The van der Waals surface area contributed by atoms with Crippen LogP contribution in [0.3, 0.4) is 0 Å². The van der Waals surface area contributed by atoms with Crippen molar-refractivity contribution in [3.8, 4) is 28.7 Å². The van der Waals surface area contributed by atoms with Crippen LogP contribution in [0, 0.1) is 0 Å². The van der Waals surface area contributed by atoms with Gasteiger partial charge < -0.3 is 14.6 Å². The molecule has 0 fully saturated rings. The topological polar surface area (TPSA) is 112 Å². The van der Waals surface area contributed by atoms with Gasteiger partial charge in [0.05, 0.1) is 48.6 Å². The summed E-state index contributed by atoms with van der Waals surface area (Å²) in [6, 6.07) is 8.90. The van der Waals surface area contributed by atoms with Gasteiger partial charge in [-0.05, 0) is 31.2 Å². The monoisotopic (exact) mass is 555 g/mol. The van der Waals surface area contributed by atoms with Crippen molar-refractivity contribution in [1.82, 2.24) is 34.6 Å². The average molecular weight is 555 g/mol. The van der Waals surface area contributed by atoms with E-state index in [0.29, 0.717) is 58.8 Å². The van der Waals surface area contributed by atoms with Crippen LogP contribution in [0.5, 0.6) is 11.6 Å². The van der Waals surface area contributed by atoms with Crippen molar-refractivity contribution >= 4 is 5.52 Å². The lowest BCUT2D eigenvalue weighted by atomic mass is 10.1. The van der Waals surface area contributed by atoms with E-state index < -0.39 is 30.3 Å². The molecule has 14 heteroatoms. The number of hydrogen-bond donors (Lipinski definition) is 1. The van der Waals surface area contributed by atoms with Crippen LogP contribution < -0.4 is 4.74 Å². The largest absolute Gasteiger partial charge is 0.436 e. The van der Waals surface area contributed by atoms with E-state index in [0.717, 1.165) is 11.3 Å². The van der Waals surface area contributed by atoms with Crippen LogP contribution in [0.4, 0.5) is 17.6 Å². The van der Waals surface area contributed by atoms with Gasteiger partial charge in [-0.15, -0.1) is 5.10 Å². The van der Waals surface area contributed by atoms with Crippen molar-refractivity contribution in [2.24, 2.45) is 0 Å². The fourth-order valence-electron chi connectivity index (χ4n) is 4.47. The first-order chi connectivity index (χ1) is 19.3. The zero-order valence-electron chi connectivity index (χ0n) is 20.9. The first-order valence-electron chi connectivity index (χ1n) is 12.2. The fraction of sp³-hybridized carbons (Fsp3) is 0.269. The Labute approximate surface area is 223 Å². The second-order valence-electron chi connectivity index (χ2n) is 9.10. The van der Waals surface area contributed by atoms with Crippen molar-refractivity contribution in [2.75, 3.05) is 6.61 Å². The number of nitrogens with zero attached hydrogens (tertiary/aromatic N) is 7. The van der Waals surface area contributed by atoms with Crippen molar-refractivity contribution in [3.05, 3.63) is 77.0 Å². The molecule has 0 unspecified atom stereocenters. The predicted octanol–water partition coefficient (Wildman–Crippen LogP) is 5.17. The number of aliphatic hydroxyl groups excluding tert-OH is 1. The molecule has 0 aromatic carbocycles. The molecule has 6 rings (SSSR count). The van der Waals surface area contributed by atoms with E-state index >= 15 is 0 Å². The molecule has 0 aliphatic carbocycles. The van der Waals surface area contributed by atoms with Crippen LogP contribution >= 0.6 is 0 Å². The van der Waals surface area contributed by atoms with Crippen LogP contribution in [-0.4, -0.2) is 46.3 Å². The molecule has 5 aromatic heterocycles. The first kappa shape index (κ1) is 25.8. The Morgan fingerprint density at radius 1 is 1.05 bits per heavy atom. The van der Waals surface area contributed by atoms with E-state index in [2.05, 4.69) is 25.4 Å². The standard InChI is InChI=1S/C26H21F4N7O3/c1-13(38)16-3-4-19(32-26(16)37-22(25(29)30)9-20(35-37)24(27)28)17-10-31-36-11-15(2-5-21(17)36)40-23-8-14-12-39-7-6-18(14)33-34-23/h2-5,8-11,13,24-25,38H,6-7,12H2,1H3/t13-/m0/s1. The minimum atomic E-state index is -3.10. The van der Waals surface area contributed by atoms with Gasteiger partial charge in [0.2, 0.25) is 5.88 Å². The molecular formula is C26H21F4N7O3. The molecule has 6 heterocycles. The number of aliphatic hydroxyl groups is 1. The lowest BCUT2D eigenvalue weighted by molar-refractivity contribution is 0.108. The van der Waals surface area contributed by atoms with Gasteiger partial charge in [0, 0.05) is 29.2 Å². The summed E-state index contributed by atoms with van der Waals surface area (Å²) in [5, 5.41) is 26.6. The molecule has 0 saturated heterocycles. The summed E-state index contributed by atoms with van der Waals surface area (Å²) in [7, 11) is 0. The smallest absolute Gasteiger partial charge is 0.282 e. The normalized spacial score (nSPS) is 14.2. The van der Waals surface area contributed by atoms with Gasteiger partial charge in [-0.25, -0.2) is 31.7 Å². The summed E-state index contributed by atoms with van der Waals surface area (Å²) < 4.78 is 67.6. The van der Waals surface area contributed by atoms with E-state index in [4.69, 9.17) is 9.47 Å². The number of fused-ring (bicyclic) bond motifs is 2. The van der Waals surface area contributed by atoms with Crippen LogP contribution in [0.15, 0.2) is 48.8 Å². The summed E-state index contributed by atoms with van der Waals surface area (Å²) in [4.78, 5) is 4.45. The molecule has 0 amide bonds. The lowest BCUT2D eigenvalue weighted by Crippen LogP contribution is -2.12. The molecule has 0 spiro atoms. The zero-order valence-corrected chi connectivity index (χ0v) is 20.9. The Morgan fingerprint density at radius 2 is 1.90 bits per heavy atom. The van der Waals surface area contributed by atoms with Crippen molar-refractivity contribution < 1.29 is 32.1 Å². The Balaban J connectivity index is 1.36. The minimum absolute atomic E-state index is 0.137. The number of pyridine rings is 2. The number of aromatic nitrogens is 7. The molecule has 1 atom stereocenters. The molecule has 1 aliphatic rings. The molecule has 40 heavy (non-hydrogen) atoms. The number of rotatable bonds is 7. The van der Waals surface area contributed by atoms with E-state index in [1.165, 1.54) is 23.7 Å². The predicted molar refractivity (Wildman–Crippen MR) is 132 cm³/mol. The van der Waals surface area contributed by atoms with Gasteiger partial charge in [-0.2, -0.15) is 15.3 Å². The molecule has 0 bridgehead atoms. The summed E-state index contributed by atoms with van der Waals surface area (Å²) in [6.45, 7) is 2.45. The molecule has 206 valence electrons. The Bertz CT molecular complexity index is 1700. The minimum Gasteiger partial charge on any atom is -0.436 e. The van der Waals surface area contributed by atoms with E-state index in [-0.39, 0.29) is 11.4 Å². The molecule has 0 radical (unpaired) electrons. The number of hydrogen-bond acceptors (Lipinski definition) is 8. The quantitative estimate of drug-likeness (QED) is 0.274. The zero-order chi connectivity index (χ0) is 28.0. The third-order valence-electron chi connectivity index (χ3n) is 6.42. The number of ether oxygens (including phenoxy) is 2. The number of alkyl halides is 4. The molecular weight excluding hydrogens is 534 g/mol. The van der Waals surface area contributed by atoms with Gasteiger partial charge in [0.15, 0.2) is 5.82 Å². The van der Waals surface area contributed by atoms with Gasteiger partial charge in [-0.3, -0.25) is 0 Å². The molecule has 5 aromatic rings. The maximum absolute atomic E-state index is 13.7. The maximum Gasteiger partial charge on any atom is 0.282 e. The summed E-state index contributed by atoms with van der Waals surface area (Å²) in [5.74, 6) is 0.543. The van der Waals surface area contributed by atoms with Gasteiger partial charge >= 0.3 is 0 Å². The summed E-state index contributed by atoms with van der Waals surface area (Å²) in [6.07, 6.45) is -3.47. The summed E-state index contributed by atoms with van der Waals surface area (Å²) >= 11 is 0. The molecule has 10 nitrogen and oxygen atoms in total. The Hall–Kier alpha value is -4.43. The molecule has 1 aliphatic heterocycles. The molecule has 0 saturated carbocycles. The lowest BCUT2D eigenvalue weighted by Gasteiger charge is -2.15. The van der Waals surface area contributed by atoms with Crippen LogP contribution in [0.1, 0.15) is 54.1 Å². The highest BCUT2D eigenvalue weighted by Gasteiger charge is 2.26. The van der Waals surface area contributed by atoms with Crippen LogP contribution in [-0.2, 0) is 17.8 Å². The average Bonchev–Trinajstić information content (AvgIpc) is 3.58. The second kappa shape index (κ2) is 10.3. The number of halogens is 4. The highest BCUT2D eigenvalue weighted by Crippen LogP contribution is 2.33. The van der Waals surface area contributed by atoms with Crippen LogP contribution in [0.2, 0.25) is 0 Å². The molecule has 1 N–H and O–H groups in total. The van der Waals surface area contributed by atoms with Gasteiger partial charge in [0.25, 0.3) is 12.9 Å². The van der Waals surface area contributed by atoms with E-state index in [1.54, 1.807) is 30.5 Å². The third kappa shape index (κ3) is 4.75. The SMILES string of the molecule is C[C@H](O)c1ccc(-c2cnn3cc(Oc4cc5c(nn4)CCOC5)ccc23)nc1-n1nc(C(F)F)cc1C(F)F. The second-order valence-corrected chi connectivity index (χ2v) is 9.10. The van der Waals surface area contributed by atoms with E-state index in [1.807, 2.05) is 0 Å². The highest BCUT2D eigenvalue weighted by molar-refractivity contribution is 5.78. The van der Waals surface area contributed by atoms with Crippen molar-refractivity contribution in [2.45, 2.75) is 38.9 Å². The van der Waals surface area contributed by atoms with Gasteiger partial charge in [-0.1, -0.05) is 6.07 Å². The Kier molecular flexibility index (Phi) is 6.64. The van der Waals surface area contributed by atoms with Crippen molar-refractivity contribution in [1.29, 1.82) is 0 Å². The first-order valence-corrected chi connectivity index (χ1v) is 12.2. The highest BCUT2D eigenvalue weighted by atomic mass is 19.3. The Morgan fingerprint density at radius 3 is 2.67 bits per heavy atom. The van der Waals surface area contributed by atoms with E-state index in [9.17, 15) is 22.7 Å². The van der Waals surface area contributed by atoms with Crippen LogP contribution in [0.25, 0.3) is 22.6 Å².